The maximum absolute atomic E-state index is 13.8. The Bertz CT molecular complexity index is 1570. The lowest BCUT2D eigenvalue weighted by atomic mass is 10.0. The molecule has 0 radical (unpaired) electrons. The zero-order valence-corrected chi connectivity index (χ0v) is 20.6. The summed E-state index contributed by atoms with van der Waals surface area (Å²) >= 11 is 0. The minimum absolute atomic E-state index is 0.206. The van der Waals surface area contributed by atoms with Gasteiger partial charge in [0.05, 0.1) is 5.56 Å². The predicted octanol–water partition coefficient (Wildman–Crippen LogP) is 7.89. The van der Waals surface area contributed by atoms with Gasteiger partial charge in [0.15, 0.2) is 0 Å². The molecular formula is C33H21F2NO3. The fourth-order valence-corrected chi connectivity index (χ4v) is 4.13. The summed E-state index contributed by atoms with van der Waals surface area (Å²) in [5, 5.41) is 8.77. The average Bonchev–Trinajstić information content (AvgIpc) is 2.97. The van der Waals surface area contributed by atoms with Gasteiger partial charge >= 0.3 is 5.97 Å². The number of nitriles is 1. The topological polar surface area (TPSA) is 59.3 Å². The second-order valence-corrected chi connectivity index (χ2v) is 8.68. The van der Waals surface area contributed by atoms with E-state index in [2.05, 4.69) is 0 Å². The van der Waals surface area contributed by atoms with E-state index in [4.69, 9.17) is 14.7 Å². The summed E-state index contributed by atoms with van der Waals surface area (Å²) in [6, 6.07) is 37.3. The van der Waals surface area contributed by atoms with Gasteiger partial charge in [-0.3, -0.25) is 0 Å². The van der Waals surface area contributed by atoms with Crippen LogP contribution >= 0.6 is 0 Å². The van der Waals surface area contributed by atoms with E-state index >= 15 is 0 Å². The minimum atomic E-state index is -1.10. The number of halogens is 2. The van der Waals surface area contributed by atoms with Crippen molar-refractivity contribution in [2.75, 3.05) is 0 Å². The van der Waals surface area contributed by atoms with Crippen LogP contribution in [0, 0.1) is 23.0 Å². The zero-order valence-electron chi connectivity index (χ0n) is 20.6. The highest BCUT2D eigenvalue weighted by molar-refractivity contribution is 5.91. The van der Waals surface area contributed by atoms with E-state index in [-0.39, 0.29) is 17.4 Å². The Balaban J connectivity index is 1.29. The number of esters is 1. The molecule has 4 nitrogen and oxygen atoms in total. The molecule has 0 aliphatic heterocycles. The van der Waals surface area contributed by atoms with Crippen LogP contribution < -0.4 is 9.47 Å². The average molecular weight is 518 g/mol. The van der Waals surface area contributed by atoms with E-state index < -0.39 is 23.2 Å². The molecule has 39 heavy (non-hydrogen) atoms. The molecule has 5 rings (SSSR count). The van der Waals surface area contributed by atoms with Gasteiger partial charge in [-0.05, 0) is 46.5 Å². The Labute approximate surface area is 224 Å². The van der Waals surface area contributed by atoms with Crippen LogP contribution in [0.1, 0.15) is 33.2 Å². The van der Waals surface area contributed by atoms with Crippen LogP contribution in [0.2, 0.25) is 0 Å². The lowest BCUT2D eigenvalue weighted by molar-refractivity contribution is 0.0734. The fourth-order valence-electron chi connectivity index (χ4n) is 4.13. The van der Waals surface area contributed by atoms with Crippen molar-refractivity contribution in [3.05, 3.63) is 155 Å². The molecule has 5 aromatic carbocycles. The maximum Gasteiger partial charge on any atom is 0.343 e. The van der Waals surface area contributed by atoms with Crippen molar-refractivity contribution in [3.63, 3.8) is 0 Å². The summed E-state index contributed by atoms with van der Waals surface area (Å²) in [7, 11) is 0. The van der Waals surface area contributed by atoms with Crippen molar-refractivity contribution in [2.45, 2.75) is 6.10 Å². The zero-order chi connectivity index (χ0) is 27.2. The number of nitrogens with zero attached hydrogens (tertiary/aromatic N) is 1. The van der Waals surface area contributed by atoms with Gasteiger partial charge in [-0.25, -0.2) is 13.6 Å². The van der Waals surface area contributed by atoms with Crippen molar-refractivity contribution in [1.29, 1.82) is 5.26 Å². The molecular weight excluding hydrogens is 496 g/mol. The van der Waals surface area contributed by atoms with Crippen LogP contribution in [0.5, 0.6) is 11.5 Å². The molecule has 0 aromatic heterocycles. The monoisotopic (exact) mass is 517 g/mol. The number of ether oxygens (including phenoxy) is 2. The quantitative estimate of drug-likeness (QED) is 0.163. The molecule has 0 bridgehead atoms. The lowest BCUT2D eigenvalue weighted by Crippen LogP contribution is -2.09. The summed E-state index contributed by atoms with van der Waals surface area (Å²) in [6.45, 7) is 0. The molecule has 0 saturated carbocycles. The highest BCUT2D eigenvalue weighted by atomic mass is 19.1. The van der Waals surface area contributed by atoms with Gasteiger partial charge in [-0.15, -0.1) is 0 Å². The summed E-state index contributed by atoms with van der Waals surface area (Å²) < 4.78 is 39.1. The Kier molecular flexibility index (Phi) is 7.42. The molecule has 0 N–H and O–H groups in total. The van der Waals surface area contributed by atoms with Crippen molar-refractivity contribution in [1.82, 2.24) is 0 Å². The molecule has 6 heteroatoms. The van der Waals surface area contributed by atoms with E-state index in [0.29, 0.717) is 5.75 Å². The van der Waals surface area contributed by atoms with Gasteiger partial charge < -0.3 is 9.47 Å². The van der Waals surface area contributed by atoms with E-state index in [9.17, 15) is 13.6 Å². The van der Waals surface area contributed by atoms with Crippen LogP contribution in [-0.4, -0.2) is 5.97 Å². The van der Waals surface area contributed by atoms with Crippen LogP contribution in [0.4, 0.5) is 8.78 Å². The number of rotatable bonds is 7. The highest BCUT2D eigenvalue weighted by Gasteiger charge is 2.17. The first-order chi connectivity index (χ1) is 19.0. The molecule has 0 spiro atoms. The largest absolute Gasteiger partial charge is 0.481 e. The summed E-state index contributed by atoms with van der Waals surface area (Å²) in [4.78, 5) is 12.5. The van der Waals surface area contributed by atoms with E-state index in [1.165, 1.54) is 6.07 Å². The number of carbonyl (C=O) groups excluding carboxylic acids is 1. The van der Waals surface area contributed by atoms with Gasteiger partial charge in [0, 0.05) is 12.1 Å². The van der Waals surface area contributed by atoms with Crippen LogP contribution in [0.15, 0.2) is 121 Å². The van der Waals surface area contributed by atoms with Crippen LogP contribution in [0.3, 0.4) is 0 Å². The van der Waals surface area contributed by atoms with Gasteiger partial charge in [-0.2, -0.15) is 5.26 Å². The Hall–Kier alpha value is -5.28. The van der Waals surface area contributed by atoms with E-state index in [1.54, 1.807) is 24.3 Å². The molecule has 0 atom stereocenters. The molecule has 0 fully saturated rings. The van der Waals surface area contributed by atoms with Crippen molar-refractivity contribution in [3.8, 4) is 28.7 Å². The molecule has 0 amide bonds. The van der Waals surface area contributed by atoms with Gasteiger partial charge in [0.2, 0.25) is 0 Å². The first-order valence-corrected chi connectivity index (χ1v) is 12.1. The smallest absolute Gasteiger partial charge is 0.343 e. The summed E-state index contributed by atoms with van der Waals surface area (Å²) in [6.07, 6.45) is -0.262. The maximum atomic E-state index is 13.8. The highest BCUT2D eigenvalue weighted by Crippen LogP contribution is 2.30. The first kappa shape index (κ1) is 25.4. The van der Waals surface area contributed by atoms with Crippen molar-refractivity contribution >= 4 is 5.97 Å². The molecule has 190 valence electrons. The second kappa shape index (κ2) is 11.4. The third-order valence-electron chi connectivity index (χ3n) is 6.10. The number of benzene rings is 5. The Morgan fingerprint density at radius 3 is 1.64 bits per heavy atom. The second-order valence-electron chi connectivity index (χ2n) is 8.68. The third-order valence-corrected chi connectivity index (χ3v) is 6.10. The summed E-state index contributed by atoms with van der Waals surface area (Å²) in [5.74, 6) is -2.58. The summed E-state index contributed by atoms with van der Waals surface area (Å²) in [5.41, 5.74) is 3.33. The number of hydrogen-bond donors (Lipinski definition) is 0. The number of carbonyl (C=O) groups is 1. The van der Waals surface area contributed by atoms with Gasteiger partial charge in [0.1, 0.15) is 40.9 Å². The van der Waals surface area contributed by atoms with E-state index in [0.717, 1.165) is 34.4 Å². The van der Waals surface area contributed by atoms with Crippen molar-refractivity contribution < 1.29 is 23.0 Å². The first-order valence-electron chi connectivity index (χ1n) is 12.1. The van der Waals surface area contributed by atoms with Gasteiger partial charge in [-0.1, -0.05) is 84.9 Å². The van der Waals surface area contributed by atoms with Crippen LogP contribution in [-0.2, 0) is 0 Å². The lowest BCUT2D eigenvalue weighted by Gasteiger charge is -2.20. The molecule has 0 aliphatic carbocycles. The Morgan fingerprint density at radius 1 is 0.667 bits per heavy atom. The minimum Gasteiger partial charge on any atom is -0.481 e. The molecule has 0 heterocycles. The van der Waals surface area contributed by atoms with Crippen molar-refractivity contribution in [2.24, 2.45) is 0 Å². The standard InChI is InChI=1S/C33H21F2NO3/c34-30-19-28(20-31(35)29(30)21-36)39-33(37)26-13-11-22(12-14-26)23-15-17-27(18-16-23)38-32(24-7-3-1-4-8-24)25-9-5-2-6-10-25/h1-20,32H. The molecule has 0 saturated heterocycles. The van der Waals surface area contributed by atoms with E-state index in [1.807, 2.05) is 84.9 Å². The molecule has 0 unspecified atom stereocenters. The molecule has 5 aromatic rings. The molecule has 0 aliphatic rings. The number of hydrogen-bond acceptors (Lipinski definition) is 4. The SMILES string of the molecule is N#Cc1c(F)cc(OC(=O)c2ccc(-c3ccc(OC(c4ccccc4)c4ccccc4)cc3)cc2)cc1F. The fraction of sp³-hybridized carbons (Fsp3) is 0.0303. The predicted molar refractivity (Wildman–Crippen MR) is 143 cm³/mol. The van der Waals surface area contributed by atoms with Crippen LogP contribution in [0.25, 0.3) is 11.1 Å². The third kappa shape index (κ3) is 5.84. The Morgan fingerprint density at radius 2 is 1.15 bits per heavy atom. The van der Waals surface area contributed by atoms with Gasteiger partial charge in [0.25, 0.3) is 0 Å². The normalized spacial score (nSPS) is 10.6.